The number of hydrogen-bond donors (Lipinski definition) is 0. The van der Waals surface area contributed by atoms with Crippen molar-refractivity contribution in [2.24, 2.45) is 0 Å². The molecular formula is C16H14N2O2. The summed E-state index contributed by atoms with van der Waals surface area (Å²) >= 11 is 0. The molecule has 4 heteroatoms. The van der Waals surface area contributed by atoms with Gasteiger partial charge in [0.25, 0.3) is 11.2 Å². The van der Waals surface area contributed by atoms with Crippen LogP contribution in [0.2, 0.25) is 0 Å². The van der Waals surface area contributed by atoms with Crippen molar-refractivity contribution in [1.29, 1.82) is 0 Å². The molecule has 0 N–H and O–H groups in total. The quantitative estimate of drug-likeness (QED) is 0.635. The van der Waals surface area contributed by atoms with Crippen LogP contribution >= 0.6 is 0 Å². The SMILES string of the molecule is Cc1cccc2c1n([O-])c(C)c(-c1ccccc1)[n+]2=O. The third-order valence-electron chi connectivity index (χ3n) is 3.54. The Labute approximate surface area is 116 Å². The molecule has 0 bridgehead atoms. The molecule has 0 saturated carbocycles. The van der Waals surface area contributed by atoms with E-state index in [1.165, 1.54) is 0 Å². The van der Waals surface area contributed by atoms with E-state index in [-0.39, 0.29) is 0 Å². The first-order chi connectivity index (χ1) is 9.61. The van der Waals surface area contributed by atoms with Crippen LogP contribution in [-0.4, -0.2) is 4.73 Å². The highest BCUT2D eigenvalue weighted by atomic mass is 16.5. The number of para-hydroxylation sites is 1. The lowest BCUT2D eigenvalue weighted by Crippen LogP contribution is -2.24. The highest BCUT2D eigenvalue weighted by Crippen LogP contribution is 2.23. The van der Waals surface area contributed by atoms with E-state index in [0.29, 0.717) is 22.4 Å². The first kappa shape index (κ1) is 12.4. The maximum Gasteiger partial charge on any atom is 0.289 e. The number of aryl methyl sites for hydroxylation is 1. The van der Waals surface area contributed by atoms with Gasteiger partial charge in [0.15, 0.2) is 0 Å². The second-order valence-electron chi connectivity index (χ2n) is 4.83. The van der Waals surface area contributed by atoms with E-state index >= 15 is 0 Å². The van der Waals surface area contributed by atoms with Crippen LogP contribution in [0, 0.1) is 24.0 Å². The summed E-state index contributed by atoms with van der Waals surface area (Å²) in [6.45, 7) is 3.51. The lowest BCUT2D eigenvalue weighted by Gasteiger charge is -2.17. The molecule has 0 amide bonds. The van der Waals surface area contributed by atoms with Crippen LogP contribution in [0.25, 0.3) is 22.3 Å². The van der Waals surface area contributed by atoms with Gasteiger partial charge in [-0.15, -0.1) is 0 Å². The topological polar surface area (TPSA) is 51.0 Å². The third-order valence-corrected chi connectivity index (χ3v) is 3.54. The minimum atomic E-state index is 0.393. The number of rotatable bonds is 1. The molecule has 20 heavy (non-hydrogen) atoms. The minimum absolute atomic E-state index is 0.393. The fourth-order valence-electron chi connectivity index (χ4n) is 2.53. The van der Waals surface area contributed by atoms with Crippen molar-refractivity contribution < 1.29 is 4.43 Å². The Hall–Kier alpha value is -2.62. The summed E-state index contributed by atoms with van der Waals surface area (Å²) in [5.41, 5.74) is 3.17. The highest BCUT2D eigenvalue weighted by molar-refractivity contribution is 5.78. The number of benzene rings is 2. The summed E-state index contributed by atoms with van der Waals surface area (Å²) in [6, 6.07) is 14.5. The maximum absolute atomic E-state index is 12.6. The van der Waals surface area contributed by atoms with E-state index in [4.69, 9.17) is 0 Å². The molecule has 1 heterocycles. The Morgan fingerprint density at radius 3 is 2.40 bits per heavy atom. The molecule has 0 saturated heterocycles. The average Bonchev–Trinajstić information content (AvgIpc) is 2.46. The molecule has 0 radical (unpaired) electrons. The average molecular weight is 266 g/mol. The Balaban J connectivity index is 2.50. The summed E-state index contributed by atoms with van der Waals surface area (Å²) in [5.74, 6) is 0. The van der Waals surface area contributed by atoms with Crippen LogP contribution in [-0.2, 0) is 0 Å². The zero-order valence-electron chi connectivity index (χ0n) is 11.3. The Morgan fingerprint density at radius 2 is 1.70 bits per heavy atom. The van der Waals surface area contributed by atoms with Crippen LogP contribution < -0.4 is 4.43 Å². The van der Waals surface area contributed by atoms with Gasteiger partial charge in [-0.3, -0.25) is 0 Å². The summed E-state index contributed by atoms with van der Waals surface area (Å²) < 4.78 is 1.70. The van der Waals surface area contributed by atoms with Gasteiger partial charge in [0.2, 0.25) is 0 Å². The molecule has 3 aromatic rings. The molecular weight excluding hydrogens is 252 g/mol. The molecule has 3 rings (SSSR count). The van der Waals surface area contributed by atoms with Crippen LogP contribution in [0.5, 0.6) is 0 Å². The predicted molar refractivity (Wildman–Crippen MR) is 79.0 cm³/mol. The number of hydrogen-bond acceptors (Lipinski definition) is 2. The van der Waals surface area contributed by atoms with Gasteiger partial charge in [-0.25, -0.2) is 0 Å². The number of fused-ring (bicyclic) bond motifs is 1. The monoisotopic (exact) mass is 266 g/mol. The molecule has 100 valence electrons. The minimum Gasteiger partial charge on any atom is -0.805 e. The van der Waals surface area contributed by atoms with Crippen molar-refractivity contribution in [1.82, 2.24) is 4.73 Å². The molecule has 0 atom stereocenters. The van der Waals surface area contributed by atoms with Crippen molar-refractivity contribution in [3.05, 3.63) is 69.9 Å². The van der Waals surface area contributed by atoms with Gasteiger partial charge in [0.1, 0.15) is 5.52 Å². The van der Waals surface area contributed by atoms with Crippen molar-refractivity contribution in [3.63, 3.8) is 0 Å². The summed E-state index contributed by atoms with van der Waals surface area (Å²) in [5, 5.41) is 12.5. The molecule has 0 aliphatic heterocycles. The zero-order valence-corrected chi connectivity index (χ0v) is 11.3. The molecule has 0 fully saturated rings. The highest BCUT2D eigenvalue weighted by Gasteiger charge is 2.21. The van der Waals surface area contributed by atoms with E-state index in [0.717, 1.165) is 20.3 Å². The summed E-state index contributed by atoms with van der Waals surface area (Å²) in [6.07, 6.45) is 0. The predicted octanol–water partition coefficient (Wildman–Crippen LogP) is 3.19. The molecule has 2 aromatic carbocycles. The van der Waals surface area contributed by atoms with Gasteiger partial charge >= 0.3 is 0 Å². The number of nitrogens with zero attached hydrogens (tertiary/aromatic N) is 2. The first-order valence-electron chi connectivity index (χ1n) is 6.41. The molecule has 0 aliphatic carbocycles. The maximum atomic E-state index is 12.6. The smallest absolute Gasteiger partial charge is 0.289 e. The van der Waals surface area contributed by atoms with Crippen molar-refractivity contribution in [3.8, 4) is 11.3 Å². The second kappa shape index (κ2) is 4.49. The Morgan fingerprint density at radius 1 is 1.00 bits per heavy atom. The molecule has 1 aromatic heterocycles. The van der Waals surface area contributed by atoms with Gasteiger partial charge in [0.05, 0.1) is 15.7 Å². The van der Waals surface area contributed by atoms with Crippen molar-refractivity contribution >= 4 is 11.0 Å². The molecule has 0 aliphatic rings. The van der Waals surface area contributed by atoms with Crippen LogP contribution in [0.3, 0.4) is 0 Å². The molecule has 0 spiro atoms. The normalized spacial score (nSPS) is 10.9. The van der Waals surface area contributed by atoms with E-state index in [2.05, 4.69) is 0 Å². The van der Waals surface area contributed by atoms with E-state index in [1.54, 1.807) is 19.1 Å². The van der Waals surface area contributed by atoms with E-state index in [1.807, 2.05) is 43.3 Å². The van der Waals surface area contributed by atoms with Crippen LogP contribution in [0.4, 0.5) is 0 Å². The van der Waals surface area contributed by atoms with Gasteiger partial charge in [-0.1, -0.05) is 30.3 Å². The van der Waals surface area contributed by atoms with Crippen molar-refractivity contribution in [2.45, 2.75) is 13.8 Å². The first-order valence-corrected chi connectivity index (χ1v) is 6.41. The fourth-order valence-corrected chi connectivity index (χ4v) is 2.53. The molecule has 4 nitrogen and oxygen atoms in total. The van der Waals surface area contributed by atoms with Gasteiger partial charge in [-0.2, -0.15) is 0 Å². The van der Waals surface area contributed by atoms with Gasteiger partial charge in [0, 0.05) is 11.0 Å². The van der Waals surface area contributed by atoms with Gasteiger partial charge < -0.3 is 9.94 Å². The number of aromatic nitrogens is 2. The van der Waals surface area contributed by atoms with E-state index in [9.17, 15) is 10.1 Å². The standard InChI is InChI=1S/C16H14N2O2/c1-11-7-6-10-14-15(11)17(19)12(2)16(18(14)20)13-8-4-3-5-9-13/h3-10H,1-2H3. The van der Waals surface area contributed by atoms with Crippen LogP contribution in [0.15, 0.2) is 48.5 Å². The Bertz CT molecular complexity index is 852. The molecule has 0 unspecified atom stereocenters. The largest absolute Gasteiger partial charge is 0.805 e. The summed E-state index contributed by atoms with van der Waals surface area (Å²) in [4.78, 5) is 12.6. The second-order valence-corrected chi connectivity index (χ2v) is 4.83. The van der Waals surface area contributed by atoms with E-state index < -0.39 is 0 Å². The Kier molecular flexibility index (Phi) is 2.79. The fraction of sp³-hybridized carbons (Fsp3) is 0.125. The lowest BCUT2D eigenvalue weighted by atomic mass is 10.1. The van der Waals surface area contributed by atoms with Crippen molar-refractivity contribution in [2.75, 3.05) is 0 Å². The lowest BCUT2D eigenvalue weighted by molar-refractivity contribution is -0.452. The van der Waals surface area contributed by atoms with Crippen LogP contribution in [0.1, 0.15) is 11.3 Å². The van der Waals surface area contributed by atoms with Gasteiger partial charge in [-0.05, 0) is 31.5 Å². The zero-order chi connectivity index (χ0) is 14.3. The third kappa shape index (κ3) is 1.69. The summed E-state index contributed by atoms with van der Waals surface area (Å²) in [7, 11) is 0.